The Hall–Kier alpha value is -2.25. The minimum absolute atomic E-state index is 0.0618. The number of nitrogens with one attached hydrogen (secondary N) is 2. The summed E-state index contributed by atoms with van der Waals surface area (Å²) in [6.07, 6.45) is 2.41. The third-order valence-corrected chi connectivity index (χ3v) is 3.52. The van der Waals surface area contributed by atoms with Gasteiger partial charge in [-0.2, -0.15) is 0 Å². The van der Waals surface area contributed by atoms with Crippen LogP contribution in [0.5, 0.6) is 0 Å². The van der Waals surface area contributed by atoms with Gasteiger partial charge in [0.15, 0.2) is 5.13 Å². The highest BCUT2D eigenvalue weighted by Gasteiger charge is 2.06. The third kappa shape index (κ3) is 4.66. The molecule has 0 bridgehead atoms. The molecule has 2 rings (SSSR count). The van der Waals surface area contributed by atoms with E-state index in [-0.39, 0.29) is 18.4 Å². The number of carbonyl (C=O) groups excluding carboxylic acids is 2. The highest BCUT2D eigenvalue weighted by Crippen LogP contribution is 2.22. The van der Waals surface area contributed by atoms with E-state index in [1.54, 1.807) is 6.20 Å². The van der Waals surface area contributed by atoms with Crippen LogP contribution in [0.1, 0.15) is 17.4 Å². The van der Waals surface area contributed by atoms with E-state index in [9.17, 15) is 9.59 Å². The topological polar surface area (TPSA) is 97.1 Å². The number of benzene rings is 1. The molecule has 21 heavy (non-hydrogen) atoms. The van der Waals surface area contributed by atoms with Crippen molar-refractivity contribution in [3.05, 3.63) is 40.9 Å². The summed E-state index contributed by atoms with van der Waals surface area (Å²) < 4.78 is 0. The second kappa shape index (κ2) is 6.96. The second-order valence-corrected chi connectivity index (χ2v) is 5.56. The van der Waals surface area contributed by atoms with Gasteiger partial charge in [0.05, 0.1) is 6.54 Å². The summed E-state index contributed by atoms with van der Waals surface area (Å²) >= 11 is 1.41. The molecule has 0 fully saturated rings. The van der Waals surface area contributed by atoms with E-state index in [0.29, 0.717) is 11.6 Å². The summed E-state index contributed by atoms with van der Waals surface area (Å²) in [5, 5.41) is 5.91. The quantitative estimate of drug-likeness (QED) is 0.781. The Morgan fingerprint density at radius 1 is 1.33 bits per heavy atom. The first-order valence-corrected chi connectivity index (χ1v) is 7.19. The predicted octanol–water partition coefficient (Wildman–Crippen LogP) is 1.59. The Kier molecular flexibility index (Phi) is 5.02. The molecule has 0 saturated carbocycles. The van der Waals surface area contributed by atoms with Gasteiger partial charge in [0.25, 0.3) is 0 Å². The number of hydrogen-bond acceptors (Lipinski definition) is 5. The van der Waals surface area contributed by atoms with Crippen molar-refractivity contribution in [2.75, 3.05) is 17.2 Å². The molecule has 7 heteroatoms. The van der Waals surface area contributed by atoms with Crippen LogP contribution in [-0.2, 0) is 16.0 Å². The summed E-state index contributed by atoms with van der Waals surface area (Å²) in [4.78, 5) is 27.4. The summed E-state index contributed by atoms with van der Waals surface area (Å²) in [5.41, 5.74) is 7.06. The molecule has 0 atom stereocenters. The Bertz CT molecular complexity index is 654. The van der Waals surface area contributed by atoms with Crippen molar-refractivity contribution in [3.8, 4) is 0 Å². The number of nitrogens with two attached hydrogens (primary N) is 1. The van der Waals surface area contributed by atoms with E-state index in [0.717, 1.165) is 16.1 Å². The lowest BCUT2D eigenvalue weighted by Crippen LogP contribution is -2.21. The monoisotopic (exact) mass is 304 g/mol. The Morgan fingerprint density at radius 3 is 2.86 bits per heavy atom. The molecule has 1 heterocycles. The number of hydrogen-bond donors (Lipinski definition) is 3. The minimum atomic E-state index is -0.261. The van der Waals surface area contributed by atoms with Crippen molar-refractivity contribution in [1.29, 1.82) is 0 Å². The van der Waals surface area contributed by atoms with Crippen LogP contribution in [-0.4, -0.2) is 23.3 Å². The fourth-order valence-corrected chi connectivity index (χ4v) is 2.64. The van der Waals surface area contributed by atoms with Crippen molar-refractivity contribution in [2.24, 2.45) is 5.73 Å². The van der Waals surface area contributed by atoms with Crippen molar-refractivity contribution < 1.29 is 9.59 Å². The lowest BCUT2D eigenvalue weighted by Gasteiger charge is -2.04. The van der Waals surface area contributed by atoms with Gasteiger partial charge >= 0.3 is 0 Å². The standard InChI is InChI=1S/C14H16N4O2S/c1-9(19)17-11-4-2-3-10(5-11)6-12-8-16-14(21-12)18-13(20)7-15/h2-5,8H,6-7,15H2,1H3,(H,17,19)(H,16,18,20). The van der Waals surface area contributed by atoms with Crippen LogP contribution in [0.25, 0.3) is 0 Å². The predicted molar refractivity (Wildman–Crippen MR) is 83.3 cm³/mol. The molecule has 0 saturated heterocycles. The normalized spacial score (nSPS) is 10.2. The van der Waals surface area contributed by atoms with Crippen molar-refractivity contribution in [3.63, 3.8) is 0 Å². The molecule has 2 aromatic rings. The zero-order chi connectivity index (χ0) is 15.2. The minimum Gasteiger partial charge on any atom is -0.326 e. The first kappa shape index (κ1) is 15.1. The highest BCUT2D eigenvalue weighted by atomic mass is 32.1. The first-order chi connectivity index (χ1) is 10.1. The smallest absolute Gasteiger partial charge is 0.239 e. The summed E-state index contributed by atoms with van der Waals surface area (Å²) in [6.45, 7) is 1.41. The number of rotatable bonds is 5. The highest BCUT2D eigenvalue weighted by molar-refractivity contribution is 7.15. The Morgan fingerprint density at radius 2 is 2.14 bits per heavy atom. The molecule has 0 aliphatic heterocycles. The van der Waals surface area contributed by atoms with Gasteiger partial charge in [0, 0.05) is 30.1 Å². The van der Waals surface area contributed by atoms with Gasteiger partial charge in [-0.1, -0.05) is 12.1 Å². The molecule has 0 unspecified atom stereocenters. The summed E-state index contributed by atoms with van der Waals surface area (Å²) in [6, 6.07) is 7.62. The average Bonchev–Trinajstić information content (AvgIpc) is 2.85. The molecule has 0 aliphatic carbocycles. The van der Waals surface area contributed by atoms with Crippen LogP contribution in [0.3, 0.4) is 0 Å². The molecule has 0 radical (unpaired) electrons. The van der Waals surface area contributed by atoms with Gasteiger partial charge in [-0.15, -0.1) is 11.3 Å². The van der Waals surface area contributed by atoms with E-state index >= 15 is 0 Å². The van der Waals surface area contributed by atoms with Crippen molar-refractivity contribution >= 4 is 34.0 Å². The number of aromatic nitrogens is 1. The maximum atomic E-state index is 11.2. The zero-order valence-corrected chi connectivity index (χ0v) is 12.4. The molecule has 4 N–H and O–H groups in total. The largest absolute Gasteiger partial charge is 0.326 e. The van der Waals surface area contributed by atoms with Gasteiger partial charge in [0.2, 0.25) is 11.8 Å². The molecule has 0 aliphatic rings. The molecule has 0 spiro atoms. The molecular weight excluding hydrogens is 288 g/mol. The molecule has 6 nitrogen and oxygen atoms in total. The molecule has 1 aromatic heterocycles. The number of amides is 2. The van der Waals surface area contributed by atoms with Crippen molar-refractivity contribution in [1.82, 2.24) is 4.98 Å². The van der Waals surface area contributed by atoms with Gasteiger partial charge in [-0.3, -0.25) is 9.59 Å². The Balaban J connectivity index is 2.04. The molecular formula is C14H16N4O2S. The van der Waals surface area contributed by atoms with Crippen LogP contribution >= 0.6 is 11.3 Å². The van der Waals surface area contributed by atoms with Crippen molar-refractivity contribution in [2.45, 2.75) is 13.3 Å². The molecule has 110 valence electrons. The number of carbonyl (C=O) groups is 2. The molecule has 2 amide bonds. The maximum absolute atomic E-state index is 11.2. The van der Waals surface area contributed by atoms with Crippen LogP contribution in [0, 0.1) is 0 Å². The fourth-order valence-electron chi connectivity index (χ4n) is 1.78. The summed E-state index contributed by atoms with van der Waals surface area (Å²) in [5.74, 6) is -0.361. The molecule has 1 aromatic carbocycles. The van der Waals surface area contributed by atoms with E-state index in [4.69, 9.17) is 5.73 Å². The first-order valence-electron chi connectivity index (χ1n) is 6.38. The maximum Gasteiger partial charge on any atom is 0.239 e. The van der Waals surface area contributed by atoms with Gasteiger partial charge < -0.3 is 16.4 Å². The van der Waals surface area contributed by atoms with Crippen LogP contribution < -0.4 is 16.4 Å². The van der Waals surface area contributed by atoms with E-state index in [1.807, 2.05) is 24.3 Å². The van der Waals surface area contributed by atoms with Crippen LogP contribution in [0.15, 0.2) is 30.5 Å². The van der Waals surface area contributed by atoms with Crippen LogP contribution in [0.2, 0.25) is 0 Å². The average molecular weight is 304 g/mol. The fraction of sp³-hybridized carbons (Fsp3) is 0.214. The van der Waals surface area contributed by atoms with Crippen LogP contribution in [0.4, 0.5) is 10.8 Å². The van der Waals surface area contributed by atoms with Gasteiger partial charge in [-0.25, -0.2) is 4.98 Å². The number of anilines is 2. The Labute approximate surface area is 126 Å². The number of nitrogens with zero attached hydrogens (tertiary/aromatic N) is 1. The lowest BCUT2D eigenvalue weighted by atomic mass is 10.1. The van der Waals surface area contributed by atoms with Gasteiger partial charge in [0.1, 0.15) is 0 Å². The van der Waals surface area contributed by atoms with Gasteiger partial charge in [-0.05, 0) is 17.7 Å². The summed E-state index contributed by atoms with van der Waals surface area (Å²) in [7, 11) is 0. The zero-order valence-electron chi connectivity index (χ0n) is 11.6. The third-order valence-electron chi connectivity index (χ3n) is 2.61. The van der Waals surface area contributed by atoms with E-state index < -0.39 is 0 Å². The number of thiazole rings is 1. The van der Waals surface area contributed by atoms with E-state index in [1.165, 1.54) is 18.3 Å². The van der Waals surface area contributed by atoms with E-state index in [2.05, 4.69) is 15.6 Å². The SMILES string of the molecule is CC(=O)Nc1cccc(Cc2cnc(NC(=O)CN)s2)c1. The lowest BCUT2D eigenvalue weighted by molar-refractivity contribution is -0.115. The second-order valence-electron chi connectivity index (χ2n) is 4.44.